The van der Waals surface area contributed by atoms with Crippen molar-refractivity contribution < 1.29 is 5.11 Å². The maximum absolute atomic E-state index is 9.24. The monoisotopic (exact) mass is 187 g/mol. The van der Waals surface area contributed by atoms with Gasteiger partial charge >= 0.3 is 0 Å². The van der Waals surface area contributed by atoms with Crippen molar-refractivity contribution in [2.45, 2.75) is 19.3 Å². The third-order valence-electron chi connectivity index (χ3n) is 3.06. The lowest BCUT2D eigenvalue weighted by Crippen LogP contribution is -2.30. The largest absolute Gasteiger partial charge is 0.395 e. The van der Waals surface area contributed by atoms with Gasteiger partial charge in [0, 0.05) is 0 Å². The minimum atomic E-state index is -0.533. The second-order valence-electron chi connectivity index (χ2n) is 4.00. The van der Waals surface area contributed by atoms with Gasteiger partial charge in [0.1, 0.15) is 0 Å². The number of nitrogens with zero attached hydrogens (tertiary/aromatic N) is 1. The Labute approximate surface area is 83.8 Å². The van der Waals surface area contributed by atoms with E-state index in [9.17, 15) is 5.11 Å². The van der Waals surface area contributed by atoms with Crippen molar-refractivity contribution >= 4 is 0 Å². The molecule has 0 bridgehead atoms. The number of rotatable bonds is 1. The van der Waals surface area contributed by atoms with Crippen molar-refractivity contribution in [1.29, 1.82) is 5.26 Å². The summed E-state index contributed by atoms with van der Waals surface area (Å²) in [5.41, 5.74) is 2.01. The zero-order valence-corrected chi connectivity index (χ0v) is 8.03. The van der Waals surface area contributed by atoms with Gasteiger partial charge in [-0.25, -0.2) is 0 Å². The molecule has 0 amide bonds. The van der Waals surface area contributed by atoms with Crippen LogP contribution in [0.5, 0.6) is 0 Å². The Bertz CT molecular complexity index is 380. The highest BCUT2D eigenvalue weighted by molar-refractivity contribution is 5.32. The van der Waals surface area contributed by atoms with Gasteiger partial charge in [0.05, 0.1) is 18.1 Å². The molecule has 0 saturated heterocycles. The van der Waals surface area contributed by atoms with Crippen molar-refractivity contribution in [2.24, 2.45) is 5.41 Å². The summed E-state index contributed by atoms with van der Waals surface area (Å²) >= 11 is 0. The van der Waals surface area contributed by atoms with Crippen LogP contribution < -0.4 is 0 Å². The topological polar surface area (TPSA) is 44.0 Å². The Morgan fingerprint density at radius 2 is 2.07 bits per heavy atom. The molecule has 0 fully saturated rings. The van der Waals surface area contributed by atoms with Crippen molar-refractivity contribution in [1.82, 2.24) is 0 Å². The van der Waals surface area contributed by atoms with Gasteiger partial charge < -0.3 is 5.11 Å². The van der Waals surface area contributed by atoms with Gasteiger partial charge in [0.2, 0.25) is 0 Å². The van der Waals surface area contributed by atoms with Crippen molar-refractivity contribution in [3.63, 3.8) is 0 Å². The molecule has 2 nitrogen and oxygen atoms in total. The molecule has 1 aromatic carbocycles. The molecule has 0 aliphatic heterocycles. The predicted molar refractivity (Wildman–Crippen MR) is 53.6 cm³/mol. The standard InChI is InChI=1S/C12H13NO/c13-8-12(9-14)6-5-10-3-1-2-4-11(10)7-12/h1-4,14H,5-7,9H2. The van der Waals surface area contributed by atoms with Crippen LogP contribution in [0.25, 0.3) is 0 Å². The summed E-state index contributed by atoms with van der Waals surface area (Å²) in [5.74, 6) is 0. The molecule has 1 aliphatic carbocycles. The van der Waals surface area contributed by atoms with Crippen molar-refractivity contribution in [3.8, 4) is 6.07 Å². The molecular weight excluding hydrogens is 174 g/mol. The smallest absolute Gasteiger partial charge is 0.0847 e. The lowest BCUT2D eigenvalue weighted by Gasteiger charge is -2.30. The molecule has 0 spiro atoms. The zero-order chi connectivity index (χ0) is 10.0. The fourth-order valence-corrected chi connectivity index (χ4v) is 2.07. The molecule has 1 aliphatic rings. The third-order valence-corrected chi connectivity index (χ3v) is 3.06. The van der Waals surface area contributed by atoms with E-state index < -0.39 is 5.41 Å². The van der Waals surface area contributed by atoms with Crippen LogP contribution >= 0.6 is 0 Å². The van der Waals surface area contributed by atoms with Crippen molar-refractivity contribution in [3.05, 3.63) is 35.4 Å². The van der Waals surface area contributed by atoms with E-state index in [1.807, 2.05) is 12.1 Å². The second-order valence-corrected chi connectivity index (χ2v) is 4.00. The zero-order valence-electron chi connectivity index (χ0n) is 8.03. The summed E-state index contributed by atoms with van der Waals surface area (Å²) < 4.78 is 0. The molecule has 1 N–H and O–H groups in total. The van der Waals surface area contributed by atoms with E-state index in [1.54, 1.807) is 0 Å². The molecule has 14 heavy (non-hydrogen) atoms. The Morgan fingerprint density at radius 1 is 1.36 bits per heavy atom. The van der Waals surface area contributed by atoms with Gasteiger partial charge in [-0.1, -0.05) is 24.3 Å². The highest BCUT2D eigenvalue weighted by Gasteiger charge is 2.33. The quantitative estimate of drug-likeness (QED) is 0.727. The molecule has 1 aromatic rings. The molecule has 0 saturated carbocycles. The van der Waals surface area contributed by atoms with Crippen LogP contribution in [0, 0.1) is 16.7 Å². The normalized spacial score (nSPS) is 25.1. The highest BCUT2D eigenvalue weighted by atomic mass is 16.3. The second kappa shape index (κ2) is 3.43. The molecular formula is C12H13NO. The van der Waals surface area contributed by atoms with Gasteiger partial charge in [0.15, 0.2) is 0 Å². The summed E-state index contributed by atoms with van der Waals surface area (Å²) in [6.45, 7) is -0.0299. The molecule has 72 valence electrons. The van der Waals surface area contributed by atoms with E-state index in [2.05, 4.69) is 18.2 Å². The summed E-state index contributed by atoms with van der Waals surface area (Å²) in [6.07, 6.45) is 2.37. The van der Waals surface area contributed by atoms with Crippen LogP contribution in [0.15, 0.2) is 24.3 Å². The van der Waals surface area contributed by atoms with E-state index in [1.165, 1.54) is 11.1 Å². The Hall–Kier alpha value is -1.33. The van der Waals surface area contributed by atoms with Gasteiger partial charge in [-0.15, -0.1) is 0 Å². The van der Waals surface area contributed by atoms with Crippen LogP contribution in [-0.4, -0.2) is 11.7 Å². The maximum Gasteiger partial charge on any atom is 0.0847 e. The van der Waals surface area contributed by atoms with Crippen LogP contribution in [0.4, 0.5) is 0 Å². The summed E-state index contributed by atoms with van der Waals surface area (Å²) in [6, 6.07) is 10.4. The maximum atomic E-state index is 9.24. The minimum absolute atomic E-state index is 0.0299. The first-order valence-corrected chi connectivity index (χ1v) is 4.88. The highest BCUT2D eigenvalue weighted by Crippen LogP contribution is 2.34. The van der Waals surface area contributed by atoms with Crippen LogP contribution in [0.1, 0.15) is 17.5 Å². The molecule has 1 atom stereocenters. The molecule has 2 heteroatoms. The van der Waals surface area contributed by atoms with Crippen LogP contribution in [-0.2, 0) is 12.8 Å². The lowest BCUT2D eigenvalue weighted by atomic mass is 9.73. The molecule has 1 unspecified atom stereocenters. The van der Waals surface area contributed by atoms with Gasteiger partial charge in [0.25, 0.3) is 0 Å². The molecule has 0 aromatic heterocycles. The number of hydrogen-bond acceptors (Lipinski definition) is 2. The van der Waals surface area contributed by atoms with Gasteiger partial charge in [-0.05, 0) is 30.4 Å². The third kappa shape index (κ3) is 1.40. The summed E-state index contributed by atoms with van der Waals surface area (Å²) in [4.78, 5) is 0. The number of benzene rings is 1. The van der Waals surface area contributed by atoms with Gasteiger partial charge in [-0.2, -0.15) is 5.26 Å². The SMILES string of the molecule is N#CC1(CO)CCc2ccccc2C1. The number of aliphatic hydroxyl groups excluding tert-OH is 1. The number of hydrogen-bond donors (Lipinski definition) is 1. The fraction of sp³-hybridized carbons (Fsp3) is 0.417. The van der Waals surface area contributed by atoms with Crippen LogP contribution in [0.2, 0.25) is 0 Å². The number of aliphatic hydroxyl groups is 1. The first kappa shape index (κ1) is 9.23. The van der Waals surface area contributed by atoms with E-state index in [0.717, 1.165) is 12.8 Å². The van der Waals surface area contributed by atoms with E-state index >= 15 is 0 Å². The van der Waals surface area contributed by atoms with Crippen LogP contribution in [0.3, 0.4) is 0 Å². The predicted octanol–water partition coefficient (Wildman–Crippen LogP) is 1.68. The number of nitriles is 1. The van der Waals surface area contributed by atoms with E-state index in [-0.39, 0.29) is 6.61 Å². The number of fused-ring (bicyclic) bond motifs is 1. The number of aryl methyl sites for hydroxylation is 1. The lowest BCUT2D eigenvalue weighted by molar-refractivity contribution is 0.159. The van der Waals surface area contributed by atoms with Crippen molar-refractivity contribution in [2.75, 3.05) is 6.61 Å². The fourth-order valence-electron chi connectivity index (χ4n) is 2.07. The molecule has 0 heterocycles. The van der Waals surface area contributed by atoms with Gasteiger partial charge in [-0.3, -0.25) is 0 Å². The Kier molecular flexibility index (Phi) is 2.26. The van der Waals surface area contributed by atoms with E-state index in [4.69, 9.17) is 5.26 Å². The van der Waals surface area contributed by atoms with E-state index in [0.29, 0.717) is 6.42 Å². The average molecular weight is 187 g/mol. The summed E-state index contributed by atoms with van der Waals surface area (Å²) in [7, 11) is 0. The Morgan fingerprint density at radius 3 is 2.71 bits per heavy atom. The first-order chi connectivity index (χ1) is 6.79. The average Bonchev–Trinajstić information content (AvgIpc) is 2.28. The first-order valence-electron chi connectivity index (χ1n) is 4.88. The molecule has 2 rings (SSSR count). The Balaban J connectivity index is 2.34. The summed E-state index contributed by atoms with van der Waals surface area (Å²) in [5, 5.41) is 18.3. The molecule has 0 radical (unpaired) electrons. The minimum Gasteiger partial charge on any atom is -0.395 e.